The topological polar surface area (TPSA) is 52.0 Å². The lowest BCUT2D eigenvalue weighted by Gasteiger charge is -2.02. The van der Waals surface area contributed by atoms with Crippen LogP contribution >= 0.6 is 15.9 Å². The summed E-state index contributed by atoms with van der Waals surface area (Å²) in [4.78, 5) is 0. The molecule has 0 aliphatic heterocycles. The molecule has 84 valence electrons. The van der Waals surface area contributed by atoms with Crippen molar-refractivity contribution >= 4 is 21.7 Å². The molecule has 0 aliphatic carbocycles. The Labute approximate surface area is 96.2 Å². The summed E-state index contributed by atoms with van der Waals surface area (Å²) in [6.45, 7) is 0. The van der Waals surface area contributed by atoms with Crippen LogP contribution in [0, 0.1) is 17.5 Å². The van der Waals surface area contributed by atoms with E-state index in [-0.39, 0.29) is 21.6 Å². The first-order valence-corrected chi connectivity index (χ1v) is 4.85. The van der Waals surface area contributed by atoms with Crippen molar-refractivity contribution in [1.29, 1.82) is 0 Å². The van der Waals surface area contributed by atoms with E-state index in [9.17, 15) is 13.2 Å². The molecule has 1 heterocycles. The quantitative estimate of drug-likeness (QED) is 0.649. The standard InChI is InChI=1S/C9H4BrF3N2O/c10-4-1-3(5-2-6(14)15-16-5)7(11)9(13)8(4)12/h1-2H,(H2,14,15). The Hall–Kier alpha value is -1.50. The minimum absolute atomic E-state index is 0.0234. The maximum Gasteiger partial charge on any atom is 0.196 e. The van der Waals surface area contributed by atoms with Crippen LogP contribution in [0.4, 0.5) is 19.0 Å². The SMILES string of the molecule is Nc1cc(-c2cc(Br)c(F)c(F)c2F)on1. The van der Waals surface area contributed by atoms with Crippen LogP contribution in [0.3, 0.4) is 0 Å². The summed E-state index contributed by atoms with van der Waals surface area (Å²) in [6.07, 6.45) is 0. The van der Waals surface area contributed by atoms with E-state index in [1.807, 2.05) is 0 Å². The summed E-state index contributed by atoms with van der Waals surface area (Å²) in [5.74, 6) is -4.28. The van der Waals surface area contributed by atoms with Crippen LogP contribution in [0.25, 0.3) is 11.3 Å². The normalized spacial score (nSPS) is 10.8. The second-order valence-electron chi connectivity index (χ2n) is 2.96. The first kappa shape index (κ1) is 11.0. The average Bonchev–Trinajstić information content (AvgIpc) is 2.67. The second kappa shape index (κ2) is 3.82. The molecular weight excluding hydrogens is 289 g/mol. The Morgan fingerprint density at radius 2 is 1.81 bits per heavy atom. The van der Waals surface area contributed by atoms with E-state index < -0.39 is 17.5 Å². The van der Waals surface area contributed by atoms with Crippen LogP contribution in [0.15, 0.2) is 21.1 Å². The highest BCUT2D eigenvalue weighted by Gasteiger charge is 2.20. The third kappa shape index (κ3) is 1.67. The van der Waals surface area contributed by atoms with Gasteiger partial charge in [0.1, 0.15) is 0 Å². The molecular formula is C9H4BrF3N2O. The molecule has 3 nitrogen and oxygen atoms in total. The predicted octanol–water partition coefficient (Wildman–Crippen LogP) is 3.10. The minimum Gasteiger partial charge on any atom is -0.381 e. The van der Waals surface area contributed by atoms with Crippen molar-refractivity contribution in [3.8, 4) is 11.3 Å². The summed E-state index contributed by atoms with van der Waals surface area (Å²) in [5, 5.41) is 3.32. The van der Waals surface area contributed by atoms with Crippen molar-refractivity contribution in [2.75, 3.05) is 5.73 Å². The van der Waals surface area contributed by atoms with Crippen LogP contribution in [0.5, 0.6) is 0 Å². The number of rotatable bonds is 1. The lowest BCUT2D eigenvalue weighted by Crippen LogP contribution is -1.95. The van der Waals surface area contributed by atoms with E-state index in [2.05, 4.69) is 25.6 Å². The van der Waals surface area contributed by atoms with Gasteiger partial charge < -0.3 is 10.3 Å². The molecule has 2 aromatic rings. The zero-order chi connectivity index (χ0) is 11.9. The molecule has 0 atom stereocenters. The summed E-state index contributed by atoms with van der Waals surface area (Å²) in [6, 6.07) is 2.26. The largest absolute Gasteiger partial charge is 0.381 e. The Morgan fingerprint density at radius 1 is 1.12 bits per heavy atom. The monoisotopic (exact) mass is 292 g/mol. The summed E-state index contributed by atoms with van der Waals surface area (Å²) in [7, 11) is 0. The van der Waals surface area contributed by atoms with Crippen molar-refractivity contribution < 1.29 is 17.7 Å². The zero-order valence-electron chi connectivity index (χ0n) is 7.60. The highest BCUT2D eigenvalue weighted by atomic mass is 79.9. The summed E-state index contributed by atoms with van der Waals surface area (Å²) < 4.78 is 43.8. The Morgan fingerprint density at radius 3 is 2.38 bits per heavy atom. The van der Waals surface area contributed by atoms with Crippen molar-refractivity contribution in [2.45, 2.75) is 0 Å². The van der Waals surface area contributed by atoms with Gasteiger partial charge in [-0.25, -0.2) is 13.2 Å². The van der Waals surface area contributed by atoms with E-state index in [0.717, 1.165) is 6.07 Å². The van der Waals surface area contributed by atoms with Crippen molar-refractivity contribution in [3.63, 3.8) is 0 Å². The van der Waals surface area contributed by atoms with E-state index in [4.69, 9.17) is 5.73 Å². The molecule has 0 radical (unpaired) electrons. The Balaban J connectivity index is 2.66. The van der Waals surface area contributed by atoms with Gasteiger partial charge in [-0.1, -0.05) is 5.16 Å². The summed E-state index contributed by atoms with van der Waals surface area (Å²) >= 11 is 2.76. The second-order valence-corrected chi connectivity index (χ2v) is 3.82. The lowest BCUT2D eigenvalue weighted by atomic mass is 10.1. The van der Waals surface area contributed by atoms with Crippen LogP contribution < -0.4 is 5.73 Å². The Bertz CT molecular complexity index is 556. The summed E-state index contributed by atoms with van der Waals surface area (Å²) in [5.41, 5.74) is 5.01. The average molecular weight is 293 g/mol. The number of nitrogens with zero attached hydrogens (tertiary/aromatic N) is 1. The number of hydrogen-bond acceptors (Lipinski definition) is 3. The van der Waals surface area contributed by atoms with Gasteiger partial charge in [0.25, 0.3) is 0 Å². The van der Waals surface area contributed by atoms with Crippen LogP contribution in [0.2, 0.25) is 0 Å². The van der Waals surface area contributed by atoms with E-state index >= 15 is 0 Å². The van der Waals surface area contributed by atoms with Crippen LogP contribution in [-0.4, -0.2) is 5.16 Å². The fraction of sp³-hybridized carbons (Fsp3) is 0. The predicted molar refractivity (Wildman–Crippen MR) is 53.9 cm³/mol. The van der Waals surface area contributed by atoms with Gasteiger partial charge in [0.15, 0.2) is 29.0 Å². The molecule has 1 aromatic heterocycles. The number of anilines is 1. The first-order valence-electron chi connectivity index (χ1n) is 4.06. The fourth-order valence-electron chi connectivity index (χ4n) is 1.17. The molecule has 0 saturated heterocycles. The van der Waals surface area contributed by atoms with Crippen molar-refractivity contribution in [1.82, 2.24) is 5.16 Å². The van der Waals surface area contributed by atoms with E-state index in [1.165, 1.54) is 6.07 Å². The smallest absolute Gasteiger partial charge is 0.196 e. The van der Waals surface area contributed by atoms with Gasteiger partial charge in [-0.3, -0.25) is 0 Å². The van der Waals surface area contributed by atoms with Crippen LogP contribution in [0.1, 0.15) is 0 Å². The molecule has 2 N–H and O–H groups in total. The van der Waals surface area contributed by atoms with Gasteiger partial charge >= 0.3 is 0 Å². The molecule has 0 fully saturated rings. The van der Waals surface area contributed by atoms with Gasteiger partial charge in [-0.15, -0.1) is 0 Å². The third-order valence-electron chi connectivity index (χ3n) is 1.90. The molecule has 0 aliphatic rings. The zero-order valence-corrected chi connectivity index (χ0v) is 9.19. The van der Waals surface area contributed by atoms with Gasteiger partial charge in [0.2, 0.25) is 0 Å². The van der Waals surface area contributed by atoms with Crippen LogP contribution in [-0.2, 0) is 0 Å². The van der Waals surface area contributed by atoms with Crippen molar-refractivity contribution in [2.24, 2.45) is 0 Å². The highest BCUT2D eigenvalue weighted by molar-refractivity contribution is 9.10. The molecule has 0 unspecified atom stereocenters. The number of benzene rings is 1. The first-order chi connectivity index (χ1) is 7.50. The molecule has 2 rings (SSSR count). The molecule has 7 heteroatoms. The Kier molecular flexibility index (Phi) is 2.63. The van der Waals surface area contributed by atoms with E-state index in [0.29, 0.717) is 0 Å². The molecule has 1 aromatic carbocycles. The maximum absolute atomic E-state index is 13.4. The molecule has 0 spiro atoms. The minimum atomic E-state index is -1.58. The number of aromatic nitrogens is 1. The molecule has 0 bridgehead atoms. The molecule has 16 heavy (non-hydrogen) atoms. The molecule has 0 amide bonds. The highest BCUT2D eigenvalue weighted by Crippen LogP contribution is 2.31. The fourth-order valence-corrected chi connectivity index (χ4v) is 1.57. The number of nitrogen functional groups attached to an aromatic ring is 1. The number of halogens is 4. The van der Waals surface area contributed by atoms with Gasteiger partial charge in [0.05, 0.1) is 10.0 Å². The van der Waals surface area contributed by atoms with Gasteiger partial charge in [-0.05, 0) is 22.0 Å². The molecule has 0 saturated carbocycles. The number of nitrogens with two attached hydrogens (primary N) is 1. The van der Waals surface area contributed by atoms with Gasteiger partial charge in [0, 0.05) is 6.07 Å². The van der Waals surface area contributed by atoms with Crippen molar-refractivity contribution in [3.05, 3.63) is 34.1 Å². The maximum atomic E-state index is 13.4. The van der Waals surface area contributed by atoms with E-state index in [1.54, 1.807) is 0 Å². The van der Waals surface area contributed by atoms with Gasteiger partial charge in [-0.2, -0.15) is 0 Å². The lowest BCUT2D eigenvalue weighted by molar-refractivity contribution is 0.422. The third-order valence-corrected chi connectivity index (χ3v) is 2.47. The number of hydrogen-bond donors (Lipinski definition) is 1.